The summed E-state index contributed by atoms with van der Waals surface area (Å²) in [6.45, 7) is 0. The number of hydrogen-bond acceptors (Lipinski definition) is 5. The number of rotatable bonds is 11. The van der Waals surface area contributed by atoms with E-state index in [1.165, 1.54) is 6.07 Å². The average molecular weight is 870 g/mol. The van der Waals surface area contributed by atoms with E-state index in [-0.39, 0.29) is 11.5 Å². The third-order valence-electron chi connectivity index (χ3n) is 12.3. The maximum Gasteiger partial charge on any atom is 0.161 e. The van der Waals surface area contributed by atoms with E-state index in [0.717, 1.165) is 90.1 Å². The van der Waals surface area contributed by atoms with Crippen molar-refractivity contribution in [1.82, 2.24) is 0 Å². The minimum absolute atomic E-state index is 0.172. The van der Waals surface area contributed by atoms with Gasteiger partial charge in [-0.25, -0.2) is 0 Å². The predicted octanol–water partition coefficient (Wildman–Crippen LogP) is 12.5. The number of benzene rings is 10. The first-order chi connectivity index (χ1) is 33.2. The molecule has 6 radical (unpaired) electrons. The molecule has 0 unspecified atom stereocenters. The fraction of sp³-hybridized carbons (Fsp3) is 0. The molecule has 0 bridgehead atoms. The van der Waals surface area contributed by atoms with Gasteiger partial charge in [-0.1, -0.05) is 169 Å². The van der Waals surface area contributed by atoms with Gasteiger partial charge in [0.25, 0.3) is 0 Å². The molecule has 5 nitrogen and oxygen atoms in total. The Morgan fingerprint density at radius 1 is 0.235 bits per heavy atom. The second-order valence-corrected chi connectivity index (χ2v) is 16.6. The molecule has 0 spiro atoms. The lowest BCUT2D eigenvalue weighted by Gasteiger charge is -2.29. The van der Waals surface area contributed by atoms with Crippen molar-refractivity contribution >= 4 is 74.1 Å². The van der Waals surface area contributed by atoms with Crippen LogP contribution in [0.1, 0.15) is 0 Å². The summed E-state index contributed by atoms with van der Waals surface area (Å²) in [5.74, 6) is -0.902. The third kappa shape index (κ3) is 8.88. The van der Waals surface area contributed by atoms with Gasteiger partial charge in [0.05, 0.1) is 5.69 Å². The first kappa shape index (κ1) is 43.3. The SMILES string of the molecule is [B]c1cc([B])c(N(c2ccc(-c3ccccc3)cc2)c2ccc(-c3ccc(-c4ccc(-c5ccc(N(c6ccc(-c7ccccc7)cc6)c6cc(O)c(O)cc6O)cc5)cc4)cc3)cc2)cc1[B]. The van der Waals surface area contributed by atoms with Gasteiger partial charge in [-0.05, 0) is 110 Å². The lowest BCUT2D eigenvalue weighted by Crippen LogP contribution is -2.33. The van der Waals surface area contributed by atoms with Gasteiger partial charge in [0.1, 0.15) is 29.3 Å². The highest BCUT2D eigenvalue weighted by atomic mass is 16.3. The van der Waals surface area contributed by atoms with Crippen molar-refractivity contribution in [2.75, 3.05) is 9.80 Å². The van der Waals surface area contributed by atoms with Crippen molar-refractivity contribution in [2.45, 2.75) is 0 Å². The van der Waals surface area contributed by atoms with Gasteiger partial charge in [-0.3, -0.25) is 0 Å². The summed E-state index contributed by atoms with van der Waals surface area (Å²) in [5, 5.41) is 31.6. The van der Waals surface area contributed by atoms with Crippen LogP contribution in [0.25, 0.3) is 55.6 Å². The summed E-state index contributed by atoms with van der Waals surface area (Å²) in [7, 11) is 19.1. The minimum Gasteiger partial charge on any atom is -0.506 e. The van der Waals surface area contributed by atoms with E-state index in [9.17, 15) is 15.3 Å². The number of phenols is 3. The monoisotopic (exact) mass is 870 g/mol. The van der Waals surface area contributed by atoms with Crippen molar-refractivity contribution in [2.24, 2.45) is 0 Å². The summed E-state index contributed by atoms with van der Waals surface area (Å²) in [6.07, 6.45) is 0. The van der Waals surface area contributed by atoms with E-state index in [1.807, 2.05) is 95.9 Å². The largest absolute Gasteiger partial charge is 0.506 e. The Kier molecular flexibility index (Phi) is 11.9. The Hall–Kier alpha value is -8.61. The van der Waals surface area contributed by atoms with Crippen LogP contribution in [0, 0.1) is 0 Å². The van der Waals surface area contributed by atoms with Gasteiger partial charge >= 0.3 is 0 Å². The normalized spacial score (nSPS) is 11.0. The molecular formula is C60H41B3N2O3. The molecule has 0 saturated heterocycles. The molecule has 0 saturated carbocycles. The van der Waals surface area contributed by atoms with Gasteiger partial charge in [0.15, 0.2) is 11.5 Å². The fourth-order valence-electron chi connectivity index (χ4n) is 8.60. The summed E-state index contributed by atoms with van der Waals surface area (Å²) in [6, 6.07) is 76.3. The quantitative estimate of drug-likeness (QED) is 0.0686. The molecule has 8 heteroatoms. The zero-order chi connectivity index (χ0) is 46.7. The van der Waals surface area contributed by atoms with E-state index < -0.39 is 5.75 Å². The highest BCUT2D eigenvalue weighted by Crippen LogP contribution is 2.45. The number of phenolic OH excluding ortho intramolecular Hbond substituents is 3. The molecule has 0 heterocycles. The predicted molar refractivity (Wildman–Crippen MR) is 284 cm³/mol. The van der Waals surface area contributed by atoms with Crippen LogP contribution in [0.15, 0.2) is 231 Å². The molecule has 0 aliphatic carbocycles. The number of anilines is 6. The zero-order valence-electron chi connectivity index (χ0n) is 36.9. The van der Waals surface area contributed by atoms with Gasteiger partial charge in [0, 0.05) is 40.6 Å². The summed E-state index contributed by atoms with van der Waals surface area (Å²) in [4.78, 5) is 3.95. The maximum absolute atomic E-state index is 11.0. The number of nitrogens with zero attached hydrogens (tertiary/aromatic N) is 2. The Balaban J connectivity index is 0.873. The maximum atomic E-state index is 11.0. The van der Waals surface area contributed by atoms with Gasteiger partial charge < -0.3 is 25.1 Å². The van der Waals surface area contributed by atoms with E-state index in [4.69, 9.17) is 23.5 Å². The molecule has 0 aromatic heterocycles. The molecule has 0 aliphatic rings. The molecule has 0 amide bonds. The Labute approximate surface area is 400 Å². The Morgan fingerprint density at radius 2 is 0.500 bits per heavy atom. The van der Waals surface area contributed by atoms with Crippen LogP contribution in [0.5, 0.6) is 17.2 Å². The van der Waals surface area contributed by atoms with E-state index >= 15 is 0 Å². The molecule has 0 aliphatic heterocycles. The van der Waals surface area contributed by atoms with Crippen LogP contribution >= 0.6 is 0 Å². The highest BCUT2D eigenvalue weighted by Gasteiger charge is 2.20. The lowest BCUT2D eigenvalue weighted by atomic mass is 9.76. The molecular weight excluding hydrogens is 829 g/mol. The Bertz CT molecular complexity index is 3120. The molecule has 10 aromatic carbocycles. The molecule has 3 N–H and O–H groups in total. The highest BCUT2D eigenvalue weighted by molar-refractivity contribution is 6.51. The topological polar surface area (TPSA) is 67.2 Å². The average Bonchev–Trinajstić information content (AvgIpc) is 3.39. The van der Waals surface area contributed by atoms with E-state index in [1.54, 1.807) is 6.07 Å². The van der Waals surface area contributed by atoms with Crippen LogP contribution in [0.2, 0.25) is 0 Å². The standard InChI is InChI=1S/C60H41B3N2O3/c61-53-35-55(63)56(36-54(53)62)64(49-27-19-45(20-28-49)39-7-3-1-4-8-39)50-29-23-47(24-30-50)43-15-11-41(12-16-43)42-13-17-44(18-14-42)48-25-33-52(34-26-48)65(57-37-59(67)60(68)38-58(57)66)51-31-21-46(22-32-51)40-9-5-2-6-10-40/h1-38,66-68H. The van der Waals surface area contributed by atoms with Gasteiger partial charge in [-0.2, -0.15) is 0 Å². The third-order valence-corrected chi connectivity index (χ3v) is 12.3. The molecule has 318 valence electrons. The smallest absolute Gasteiger partial charge is 0.161 e. The van der Waals surface area contributed by atoms with Crippen LogP contribution in [-0.2, 0) is 0 Å². The van der Waals surface area contributed by atoms with Crippen molar-refractivity contribution in [1.29, 1.82) is 0 Å². The molecule has 0 fully saturated rings. The van der Waals surface area contributed by atoms with Crippen molar-refractivity contribution in [3.63, 3.8) is 0 Å². The van der Waals surface area contributed by atoms with Crippen LogP contribution < -0.4 is 26.2 Å². The van der Waals surface area contributed by atoms with Gasteiger partial charge in [0.2, 0.25) is 0 Å². The van der Waals surface area contributed by atoms with E-state index in [0.29, 0.717) is 22.1 Å². The first-order valence-electron chi connectivity index (χ1n) is 22.2. The lowest BCUT2D eigenvalue weighted by molar-refractivity contribution is 0.397. The second-order valence-electron chi connectivity index (χ2n) is 16.6. The second kappa shape index (κ2) is 18.7. The molecule has 68 heavy (non-hydrogen) atoms. The van der Waals surface area contributed by atoms with Crippen molar-refractivity contribution in [3.05, 3.63) is 231 Å². The van der Waals surface area contributed by atoms with Crippen LogP contribution in [0.3, 0.4) is 0 Å². The van der Waals surface area contributed by atoms with Gasteiger partial charge in [-0.15, -0.1) is 10.9 Å². The number of aromatic hydroxyl groups is 3. The number of hydrogen-bond donors (Lipinski definition) is 3. The molecule has 10 rings (SSSR count). The fourth-order valence-corrected chi connectivity index (χ4v) is 8.60. The van der Waals surface area contributed by atoms with Crippen molar-refractivity contribution in [3.8, 4) is 72.9 Å². The van der Waals surface area contributed by atoms with Crippen LogP contribution in [0.4, 0.5) is 34.1 Å². The minimum atomic E-state index is -0.398. The molecule has 0 atom stereocenters. The van der Waals surface area contributed by atoms with Crippen molar-refractivity contribution < 1.29 is 15.3 Å². The summed E-state index contributed by atoms with van der Waals surface area (Å²) < 4.78 is 0. The van der Waals surface area contributed by atoms with Crippen LogP contribution in [-0.4, -0.2) is 38.9 Å². The molecule has 10 aromatic rings. The summed E-state index contributed by atoms with van der Waals surface area (Å²) >= 11 is 0. The zero-order valence-corrected chi connectivity index (χ0v) is 36.9. The first-order valence-corrected chi connectivity index (χ1v) is 22.2. The Morgan fingerprint density at radius 3 is 0.838 bits per heavy atom. The van der Waals surface area contributed by atoms with E-state index in [2.05, 4.69) is 126 Å². The summed E-state index contributed by atoms with van der Waals surface area (Å²) in [5.41, 5.74) is 16.7.